The van der Waals surface area contributed by atoms with Gasteiger partial charge >= 0.3 is 0 Å². The molecule has 0 aliphatic heterocycles. The molecule has 1 aromatic heterocycles. The quantitative estimate of drug-likeness (QED) is 0.843. The normalized spacial score (nSPS) is 10.2. The van der Waals surface area contributed by atoms with Gasteiger partial charge in [-0.2, -0.15) is 5.26 Å². The van der Waals surface area contributed by atoms with Gasteiger partial charge in [-0.1, -0.05) is 31.2 Å². The zero-order valence-electron chi connectivity index (χ0n) is 11.2. The second-order valence-corrected chi connectivity index (χ2v) is 4.56. The number of benzene rings is 1. The predicted octanol–water partition coefficient (Wildman–Crippen LogP) is 2.64. The van der Waals surface area contributed by atoms with Crippen molar-refractivity contribution in [2.24, 2.45) is 0 Å². The minimum atomic E-state index is -0.218. The first-order valence-electron chi connectivity index (χ1n) is 6.34. The summed E-state index contributed by atoms with van der Waals surface area (Å²) in [7, 11) is 0. The zero-order chi connectivity index (χ0) is 13.8. The topological polar surface area (TPSA) is 45.8 Å². The molecular formula is C16H16N2O. The molecule has 3 nitrogen and oxygen atoms in total. The summed E-state index contributed by atoms with van der Waals surface area (Å²) in [5.41, 5.74) is 3.17. The SMILES string of the molecule is CCc1cccc(Cn2c(C)ccc(C#N)c2=O)c1. The molecule has 3 heteroatoms. The van der Waals surface area contributed by atoms with E-state index >= 15 is 0 Å². The van der Waals surface area contributed by atoms with E-state index in [4.69, 9.17) is 5.26 Å². The van der Waals surface area contributed by atoms with Crippen molar-refractivity contribution in [1.29, 1.82) is 5.26 Å². The highest BCUT2D eigenvalue weighted by molar-refractivity contribution is 5.29. The smallest absolute Gasteiger partial charge is 0.268 e. The molecule has 0 saturated heterocycles. The summed E-state index contributed by atoms with van der Waals surface area (Å²) in [5.74, 6) is 0. The van der Waals surface area contributed by atoms with Crippen LogP contribution >= 0.6 is 0 Å². The van der Waals surface area contributed by atoms with Crippen molar-refractivity contribution in [2.75, 3.05) is 0 Å². The van der Waals surface area contributed by atoms with Crippen molar-refractivity contribution in [1.82, 2.24) is 4.57 Å². The number of pyridine rings is 1. The van der Waals surface area contributed by atoms with Gasteiger partial charge in [-0.3, -0.25) is 4.79 Å². The van der Waals surface area contributed by atoms with Crippen LogP contribution in [0.15, 0.2) is 41.2 Å². The van der Waals surface area contributed by atoms with Gasteiger partial charge in [0.25, 0.3) is 5.56 Å². The van der Waals surface area contributed by atoms with Crippen LogP contribution in [0.4, 0.5) is 0 Å². The standard InChI is InChI=1S/C16H16N2O/c1-3-13-5-4-6-14(9-13)11-18-12(2)7-8-15(10-17)16(18)19/h4-9H,3,11H2,1-2H3. The minimum absolute atomic E-state index is 0.192. The molecule has 0 spiro atoms. The highest BCUT2D eigenvalue weighted by atomic mass is 16.1. The Labute approximate surface area is 112 Å². The maximum atomic E-state index is 12.1. The molecule has 19 heavy (non-hydrogen) atoms. The van der Waals surface area contributed by atoms with Crippen LogP contribution in [0, 0.1) is 18.3 Å². The van der Waals surface area contributed by atoms with Gasteiger partial charge in [-0.05, 0) is 36.6 Å². The largest absolute Gasteiger partial charge is 0.307 e. The van der Waals surface area contributed by atoms with Crippen molar-refractivity contribution in [2.45, 2.75) is 26.8 Å². The molecule has 2 rings (SSSR count). The fourth-order valence-corrected chi connectivity index (χ4v) is 2.08. The number of hydrogen-bond donors (Lipinski definition) is 0. The van der Waals surface area contributed by atoms with Crippen LogP contribution in [0.25, 0.3) is 0 Å². The van der Waals surface area contributed by atoms with Gasteiger partial charge in [0.15, 0.2) is 0 Å². The van der Waals surface area contributed by atoms with E-state index in [1.807, 2.05) is 31.2 Å². The third-order valence-electron chi connectivity index (χ3n) is 3.25. The van der Waals surface area contributed by atoms with E-state index in [-0.39, 0.29) is 11.1 Å². The Morgan fingerprint density at radius 3 is 2.63 bits per heavy atom. The molecule has 0 saturated carbocycles. The average Bonchev–Trinajstić information content (AvgIpc) is 2.44. The fraction of sp³-hybridized carbons (Fsp3) is 0.250. The van der Waals surface area contributed by atoms with E-state index in [1.54, 1.807) is 10.6 Å². The van der Waals surface area contributed by atoms with Crippen LogP contribution in [0.5, 0.6) is 0 Å². The van der Waals surface area contributed by atoms with E-state index in [2.05, 4.69) is 19.1 Å². The van der Waals surface area contributed by atoms with Crippen LogP contribution in [-0.4, -0.2) is 4.57 Å². The summed E-state index contributed by atoms with van der Waals surface area (Å²) >= 11 is 0. The fourth-order valence-electron chi connectivity index (χ4n) is 2.08. The van der Waals surface area contributed by atoms with Gasteiger partial charge < -0.3 is 4.57 Å². The van der Waals surface area contributed by atoms with Crippen molar-refractivity contribution in [3.63, 3.8) is 0 Å². The van der Waals surface area contributed by atoms with Crippen molar-refractivity contribution in [3.05, 3.63) is 69.1 Å². The molecule has 2 aromatic rings. The van der Waals surface area contributed by atoms with E-state index in [0.29, 0.717) is 6.54 Å². The average molecular weight is 252 g/mol. The Bertz CT molecular complexity index is 693. The molecule has 0 bridgehead atoms. The number of aryl methyl sites for hydroxylation is 2. The van der Waals surface area contributed by atoms with Crippen LogP contribution in [0.3, 0.4) is 0 Å². The maximum Gasteiger partial charge on any atom is 0.268 e. The minimum Gasteiger partial charge on any atom is -0.307 e. The van der Waals surface area contributed by atoms with E-state index in [1.165, 1.54) is 5.56 Å². The van der Waals surface area contributed by atoms with Gasteiger partial charge in [-0.15, -0.1) is 0 Å². The van der Waals surface area contributed by atoms with Crippen LogP contribution in [0.1, 0.15) is 29.3 Å². The van der Waals surface area contributed by atoms with Gasteiger partial charge in [-0.25, -0.2) is 0 Å². The molecule has 0 aliphatic rings. The second kappa shape index (κ2) is 5.53. The number of rotatable bonds is 3. The van der Waals surface area contributed by atoms with Crippen molar-refractivity contribution in [3.8, 4) is 6.07 Å². The zero-order valence-corrected chi connectivity index (χ0v) is 11.2. The van der Waals surface area contributed by atoms with Crippen molar-refractivity contribution < 1.29 is 0 Å². The molecule has 1 aromatic carbocycles. The van der Waals surface area contributed by atoms with Gasteiger partial charge in [0, 0.05) is 5.69 Å². The Morgan fingerprint density at radius 2 is 1.95 bits per heavy atom. The molecule has 0 N–H and O–H groups in total. The van der Waals surface area contributed by atoms with Gasteiger partial charge in [0.05, 0.1) is 6.54 Å². The van der Waals surface area contributed by atoms with E-state index in [0.717, 1.165) is 17.7 Å². The van der Waals surface area contributed by atoms with Crippen LogP contribution in [-0.2, 0) is 13.0 Å². The van der Waals surface area contributed by atoms with E-state index < -0.39 is 0 Å². The molecule has 0 atom stereocenters. The predicted molar refractivity (Wildman–Crippen MR) is 75.1 cm³/mol. The first-order valence-corrected chi connectivity index (χ1v) is 6.34. The molecule has 1 heterocycles. The Balaban J connectivity index is 2.43. The monoisotopic (exact) mass is 252 g/mol. The number of hydrogen-bond acceptors (Lipinski definition) is 2. The summed E-state index contributed by atoms with van der Waals surface area (Å²) in [4.78, 5) is 12.1. The molecule has 0 fully saturated rings. The third-order valence-corrected chi connectivity index (χ3v) is 3.25. The van der Waals surface area contributed by atoms with E-state index in [9.17, 15) is 4.79 Å². The lowest BCUT2D eigenvalue weighted by Gasteiger charge is -2.11. The Hall–Kier alpha value is -2.34. The summed E-state index contributed by atoms with van der Waals surface area (Å²) < 4.78 is 1.65. The summed E-state index contributed by atoms with van der Waals surface area (Å²) in [6.45, 7) is 4.49. The number of nitriles is 1. The van der Waals surface area contributed by atoms with Crippen LogP contribution < -0.4 is 5.56 Å². The third kappa shape index (κ3) is 2.74. The van der Waals surface area contributed by atoms with Crippen molar-refractivity contribution >= 4 is 0 Å². The maximum absolute atomic E-state index is 12.1. The van der Waals surface area contributed by atoms with Gasteiger partial charge in [0.1, 0.15) is 11.6 Å². The van der Waals surface area contributed by atoms with Gasteiger partial charge in [0.2, 0.25) is 0 Å². The molecule has 96 valence electrons. The lowest BCUT2D eigenvalue weighted by molar-refractivity contribution is 0.726. The Morgan fingerprint density at radius 1 is 1.21 bits per heavy atom. The number of nitrogens with zero attached hydrogens (tertiary/aromatic N) is 2. The molecule has 0 unspecified atom stereocenters. The molecule has 0 amide bonds. The highest BCUT2D eigenvalue weighted by Crippen LogP contribution is 2.08. The lowest BCUT2D eigenvalue weighted by atomic mass is 10.1. The number of aromatic nitrogens is 1. The first kappa shape index (κ1) is 13.1. The lowest BCUT2D eigenvalue weighted by Crippen LogP contribution is -2.24. The first-order chi connectivity index (χ1) is 9.15. The molecular weight excluding hydrogens is 236 g/mol. The molecule has 0 aliphatic carbocycles. The summed E-state index contributed by atoms with van der Waals surface area (Å²) in [5, 5.41) is 8.92. The summed E-state index contributed by atoms with van der Waals surface area (Å²) in [6.07, 6.45) is 0.972. The summed E-state index contributed by atoms with van der Waals surface area (Å²) in [6, 6.07) is 13.5. The highest BCUT2D eigenvalue weighted by Gasteiger charge is 2.06. The van der Waals surface area contributed by atoms with Crippen LogP contribution in [0.2, 0.25) is 0 Å². The molecule has 0 radical (unpaired) electrons. The second-order valence-electron chi connectivity index (χ2n) is 4.56. The Kier molecular flexibility index (Phi) is 3.82.